The molecule has 2 saturated carbocycles. The van der Waals surface area contributed by atoms with Crippen LogP contribution in [0.3, 0.4) is 0 Å². The predicted octanol–water partition coefficient (Wildman–Crippen LogP) is 7.24. The van der Waals surface area contributed by atoms with Crippen LogP contribution in [0.2, 0.25) is 5.02 Å². The van der Waals surface area contributed by atoms with E-state index in [4.69, 9.17) is 58.0 Å². The Labute approximate surface area is 200 Å². The average molecular weight is 514 g/mol. The van der Waals surface area contributed by atoms with Crippen LogP contribution in [-0.2, 0) is 26.2 Å². The molecule has 1 aromatic heterocycles. The number of nitrogens with zero attached hydrogens (tertiary/aromatic N) is 5. The summed E-state index contributed by atoms with van der Waals surface area (Å²) in [5.41, 5.74) is 1.91. The monoisotopic (exact) mass is 512 g/mol. The van der Waals surface area contributed by atoms with Gasteiger partial charge in [0.1, 0.15) is 0 Å². The number of rotatable bonds is 0. The summed E-state index contributed by atoms with van der Waals surface area (Å²) in [6, 6.07) is 5.23. The summed E-state index contributed by atoms with van der Waals surface area (Å²) < 4.78 is 0. The molecule has 0 saturated heterocycles. The van der Waals surface area contributed by atoms with E-state index in [9.17, 15) is 0 Å². The molecular weight excluding hydrogens is 484 g/mol. The van der Waals surface area contributed by atoms with Crippen LogP contribution in [0.15, 0.2) is 12.1 Å². The summed E-state index contributed by atoms with van der Waals surface area (Å²) in [7, 11) is 9.59. The molecule has 0 aromatic carbocycles. The zero-order valence-corrected chi connectivity index (χ0v) is 20.6. The van der Waals surface area contributed by atoms with Crippen LogP contribution in [0, 0.1) is 0 Å². The first-order valence-corrected chi connectivity index (χ1v) is 14.5. The molecule has 0 N–H and O–H groups in total. The van der Waals surface area contributed by atoms with Gasteiger partial charge in [-0.2, -0.15) is 37.3 Å². The van der Waals surface area contributed by atoms with Crippen molar-refractivity contribution in [2.24, 2.45) is 0 Å². The van der Waals surface area contributed by atoms with Gasteiger partial charge in [0.25, 0.3) is 0 Å². The molecule has 4 atom stereocenters. The van der Waals surface area contributed by atoms with Gasteiger partial charge in [-0.3, -0.25) is 4.98 Å². The van der Waals surface area contributed by atoms with Crippen molar-refractivity contribution in [1.82, 2.24) is 4.98 Å². The minimum atomic E-state index is 0.00694. The summed E-state index contributed by atoms with van der Waals surface area (Å²) in [5, 5.41) is 20.6. The number of fused-ring (bicyclic) bond motifs is 4. The fourth-order valence-corrected chi connectivity index (χ4v) is 4.93. The zero-order chi connectivity index (χ0) is 21.2. The first-order valence-electron chi connectivity index (χ1n) is 10.9. The normalized spacial score (nSPS) is 30.5. The molecule has 0 amide bonds. The predicted molar refractivity (Wildman–Crippen MR) is 124 cm³/mol. The van der Waals surface area contributed by atoms with Crippen LogP contribution in [0.1, 0.15) is 62.8 Å². The number of hydrogen-bond donors (Lipinski definition) is 0. The summed E-state index contributed by atoms with van der Waals surface area (Å²) in [4.78, 5) is 4.79. The van der Waals surface area contributed by atoms with Gasteiger partial charge in [-0.15, -0.1) is 13.1 Å². The van der Waals surface area contributed by atoms with Gasteiger partial charge < -0.3 is 21.3 Å². The molecule has 1 aliphatic heterocycles. The molecule has 3 aliphatic rings. The van der Waals surface area contributed by atoms with E-state index in [-0.39, 0.29) is 13.1 Å². The Morgan fingerprint density at radius 3 is 1.47 bits per heavy atom. The maximum atomic E-state index is 6.35. The summed E-state index contributed by atoms with van der Waals surface area (Å²) >= 11 is 6.36. The third-order valence-corrected chi connectivity index (χ3v) is 6.31. The molecule has 3 unspecified atom stereocenters. The van der Waals surface area contributed by atoms with Crippen LogP contribution in [0.5, 0.6) is 0 Å². The third kappa shape index (κ3) is 8.06. The summed E-state index contributed by atoms with van der Waals surface area (Å²) in [5.74, 6) is 0. The van der Waals surface area contributed by atoms with Crippen LogP contribution in [0.4, 0.5) is 0 Å². The van der Waals surface area contributed by atoms with Crippen LogP contribution < -0.4 is 0 Å². The van der Waals surface area contributed by atoms with Gasteiger partial charge >= 0.3 is 33.3 Å². The van der Waals surface area contributed by atoms with Crippen molar-refractivity contribution in [2.75, 3.05) is 13.1 Å². The van der Waals surface area contributed by atoms with Crippen LogP contribution in [-0.4, -0.2) is 42.2 Å². The SMILES string of the molecule is Clc1cc2nc(c1)C[N-][C@@H]1CCCCC1[N-]CC[N-]C1CCCCC1[N-]C2.[Cl][Mn][Cl]. The second-order valence-electron chi connectivity index (χ2n) is 8.15. The van der Waals surface area contributed by atoms with E-state index in [1.54, 1.807) is 0 Å². The Morgan fingerprint density at radius 1 is 0.700 bits per heavy atom. The molecule has 5 nitrogen and oxygen atoms in total. The van der Waals surface area contributed by atoms with Gasteiger partial charge in [-0.05, 0) is 12.1 Å². The number of aromatic nitrogens is 1. The zero-order valence-electron chi connectivity index (χ0n) is 17.2. The second kappa shape index (κ2) is 13.8. The third-order valence-electron chi connectivity index (χ3n) is 6.09. The Hall–Kier alpha value is 0.379. The van der Waals surface area contributed by atoms with Crippen molar-refractivity contribution < 1.29 is 13.1 Å². The van der Waals surface area contributed by atoms with Crippen molar-refractivity contribution in [3.8, 4) is 0 Å². The van der Waals surface area contributed by atoms with Crippen LogP contribution >= 0.6 is 31.8 Å². The van der Waals surface area contributed by atoms with Gasteiger partial charge in [0, 0.05) is 16.4 Å². The van der Waals surface area contributed by atoms with E-state index < -0.39 is 0 Å². The molecular formula is C21H30Cl3MnN5-4. The molecule has 2 aliphatic carbocycles. The quantitative estimate of drug-likeness (QED) is 0.337. The molecule has 0 spiro atoms. The first-order chi connectivity index (χ1) is 14.7. The van der Waals surface area contributed by atoms with Crippen molar-refractivity contribution >= 4 is 31.8 Å². The minimum absolute atomic E-state index is 0.00694. The maximum absolute atomic E-state index is 6.35. The van der Waals surface area contributed by atoms with E-state index in [0.717, 1.165) is 55.2 Å². The molecule has 2 heterocycles. The van der Waals surface area contributed by atoms with Gasteiger partial charge in [0.2, 0.25) is 0 Å². The topological polar surface area (TPSA) is 69.3 Å². The van der Waals surface area contributed by atoms with E-state index in [0.29, 0.717) is 37.3 Å². The average Bonchev–Trinajstić information content (AvgIpc) is 2.75. The van der Waals surface area contributed by atoms with Crippen molar-refractivity contribution in [3.63, 3.8) is 0 Å². The molecule has 0 radical (unpaired) electrons. The fourth-order valence-electron chi connectivity index (χ4n) is 4.67. The second-order valence-corrected chi connectivity index (χ2v) is 10.5. The molecule has 2 fully saturated rings. The van der Waals surface area contributed by atoms with Crippen LogP contribution in [0.25, 0.3) is 21.3 Å². The van der Waals surface area contributed by atoms with Gasteiger partial charge in [-0.1, -0.05) is 63.0 Å². The van der Waals surface area contributed by atoms with Crippen molar-refractivity contribution in [2.45, 2.75) is 88.6 Å². The molecule has 2 bridgehead atoms. The summed E-state index contributed by atoms with van der Waals surface area (Å²) in [6.07, 6.45) is 9.62. The Bertz CT molecular complexity index is 590. The van der Waals surface area contributed by atoms with E-state index in [1.165, 1.54) is 25.7 Å². The molecule has 1 aromatic rings. The molecule has 4 rings (SSSR count). The van der Waals surface area contributed by atoms with E-state index in [2.05, 4.69) is 0 Å². The summed E-state index contributed by atoms with van der Waals surface area (Å²) in [6.45, 7) is 2.91. The van der Waals surface area contributed by atoms with E-state index in [1.807, 2.05) is 12.1 Å². The number of halogens is 3. The van der Waals surface area contributed by atoms with E-state index >= 15 is 0 Å². The molecule has 171 valence electrons. The Balaban J connectivity index is 0.000000806. The molecule has 9 heteroatoms. The van der Waals surface area contributed by atoms with Crippen molar-refractivity contribution in [1.29, 1.82) is 0 Å². The number of hydrogen-bond acceptors (Lipinski definition) is 1. The first kappa shape index (κ1) is 25.0. The fraction of sp³-hybridized carbons (Fsp3) is 0.762. The molecule has 30 heavy (non-hydrogen) atoms. The standard InChI is InChI=1S/C21H30ClN5.2ClH.Mn/c22-15-11-16-13-25-20-7-3-1-5-18(20)23-9-10-24-19-6-2-4-8-21(19)26-14-17(12-15)27-16;;;/h11-12,18-21H,1-10,13-14H2;2*1H;/q-4;;;+2/p-2/t18?,19?,20-,21?;;;/m1.../s1. The Kier molecular flexibility index (Phi) is 11.5. The van der Waals surface area contributed by atoms with Crippen molar-refractivity contribution in [3.05, 3.63) is 49.8 Å². The number of pyridine rings is 1. The van der Waals surface area contributed by atoms with Gasteiger partial charge in [-0.25, -0.2) is 0 Å². The Morgan fingerprint density at radius 2 is 1.07 bits per heavy atom. The van der Waals surface area contributed by atoms with Gasteiger partial charge in [0.15, 0.2) is 0 Å². The van der Waals surface area contributed by atoms with Gasteiger partial charge in [0.05, 0.1) is 0 Å².